The third kappa shape index (κ3) is 3.73. The highest BCUT2D eigenvalue weighted by Gasteiger charge is 2.24. The summed E-state index contributed by atoms with van der Waals surface area (Å²) < 4.78 is 0. The van der Waals surface area contributed by atoms with E-state index in [1.54, 1.807) is 0 Å². The molecule has 12 heavy (non-hydrogen) atoms. The van der Waals surface area contributed by atoms with Gasteiger partial charge in [0.1, 0.15) is 0 Å². The second kappa shape index (κ2) is 6.02. The van der Waals surface area contributed by atoms with E-state index in [1.807, 2.05) is 13.8 Å². The maximum Gasteiger partial charge on any atom is 0.0656 e. The molecule has 0 saturated heterocycles. The van der Waals surface area contributed by atoms with E-state index >= 15 is 0 Å². The number of aliphatic hydroxyl groups is 1. The average molecular weight is 169 g/mol. The van der Waals surface area contributed by atoms with E-state index in [4.69, 9.17) is 5.26 Å². The molecule has 0 aliphatic heterocycles. The molecule has 0 radical (unpaired) electrons. The van der Waals surface area contributed by atoms with Gasteiger partial charge in [-0.2, -0.15) is 5.26 Å². The first kappa shape index (κ1) is 11.4. The topological polar surface area (TPSA) is 44.0 Å². The Morgan fingerprint density at radius 1 is 1.25 bits per heavy atom. The molecule has 0 aromatic rings. The first-order valence-electron chi connectivity index (χ1n) is 4.80. The van der Waals surface area contributed by atoms with Crippen molar-refractivity contribution in [2.24, 2.45) is 11.8 Å². The summed E-state index contributed by atoms with van der Waals surface area (Å²) in [4.78, 5) is 0. The lowest BCUT2D eigenvalue weighted by Crippen LogP contribution is -2.23. The van der Waals surface area contributed by atoms with Gasteiger partial charge in [-0.1, -0.05) is 20.8 Å². The molecule has 3 unspecified atom stereocenters. The zero-order valence-electron chi connectivity index (χ0n) is 8.25. The molecule has 1 aliphatic carbocycles. The monoisotopic (exact) mass is 169 g/mol. The molecule has 0 aromatic heterocycles. The molecule has 0 spiro atoms. The molecule has 3 atom stereocenters. The summed E-state index contributed by atoms with van der Waals surface area (Å²) in [7, 11) is 0. The normalized spacial score (nSPS) is 34.4. The van der Waals surface area contributed by atoms with Gasteiger partial charge in [0.25, 0.3) is 0 Å². The van der Waals surface area contributed by atoms with Crippen molar-refractivity contribution in [2.45, 2.75) is 46.1 Å². The van der Waals surface area contributed by atoms with Crippen LogP contribution in [0.1, 0.15) is 40.0 Å². The van der Waals surface area contributed by atoms with E-state index in [0.29, 0.717) is 12.3 Å². The maximum atomic E-state index is 9.23. The van der Waals surface area contributed by atoms with Crippen LogP contribution in [-0.2, 0) is 0 Å². The molecule has 0 aromatic carbocycles. The molecule has 70 valence electrons. The Morgan fingerprint density at radius 3 is 2.25 bits per heavy atom. The number of nitrogens with zero attached hydrogens (tertiary/aromatic N) is 1. The number of hydrogen-bond donors (Lipinski definition) is 1. The predicted molar refractivity (Wildman–Crippen MR) is 49.5 cm³/mol. The zero-order chi connectivity index (χ0) is 9.56. The van der Waals surface area contributed by atoms with Gasteiger partial charge in [-0.15, -0.1) is 0 Å². The maximum absolute atomic E-state index is 9.23. The van der Waals surface area contributed by atoms with E-state index in [0.717, 1.165) is 12.8 Å². The van der Waals surface area contributed by atoms with Gasteiger partial charge < -0.3 is 5.11 Å². The third-order valence-electron chi connectivity index (χ3n) is 2.10. The van der Waals surface area contributed by atoms with Crippen LogP contribution < -0.4 is 0 Å². The second-order valence-corrected chi connectivity index (χ2v) is 3.29. The number of hydrogen-bond acceptors (Lipinski definition) is 2. The molecule has 1 N–H and O–H groups in total. The van der Waals surface area contributed by atoms with Gasteiger partial charge >= 0.3 is 0 Å². The van der Waals surface area contributed by atoms with E-state index in [1.165, 1.54) is 0 Å². The summed E-state index contributed by atoms with van der Waals surface area (Å²) in [6, 6.07) is 2.20. The summed E-state index contributed by atoms with van der Waals surface area (Å²) >= 11 is 0. The molecule has 1 aliphatic rings. The van der Waals surface area contributed by atoms with Crippen molar-refractivity contribution in [3.63, 3.8) is 0 Å². The Bertz CT molecular complexity index is 140. The van der Waals surface area contributed by atoms with Crippen LogP contribution in [0.5, 0.6) is 0 Å². The third-order valence-corrected chi connectivity index (χ3v) is 2.10. The Morgan fingerprint density at radius 2 is 1.83 bits per heavy atom. The highest BCUT2D eigenvalue weighted by molar-refractivity contribution is 4.89. The molecule has 1 saturated carbocycles. The van der Waals surface area contributed by atoms with Crippen LogP contribution in [0.2, 0.25) is 0 Å². The summed E-state index contributed by atoms with van der Waals surface area (Å²) in [5.74, 6) is 0.618. The van der Waals surface area contributed by atoms with Gasteiger partial charge in [-0.05, 0) is 25.2 Å². The van der Waals surface area contributed by atoms with Gasteiger partial charge in [0.2, 0.25) is 0 Å². The lowest BCUT2D eigenvalue weighted by atomic mass is 9.82. The van der Waals surface area contributed by atoms with E-state index in [9.17, 15) is 5.11 Å². The Labute approximate surface area is 75.2 Å². The van der Waals surface area contributed by atoms with Gasteiger partial charge in [0.05, 0.1) is 12.2 Å². The van der Waals surface area contributed by atoms with Gasteiger partial charge in [0, 0.05) is 5.92 Å². The minimum atomic E-state index is -0.228. The second-order valence-electron chi connectivity index (χ2n) is 3.29. The molecule has 0 amide bonds. The van der Waals surface area contributed by atoms with Crippen molar-refractivity contribution in [3.8, 4) is 6.07 Å². The minimum Gasteiger partial charge on any atom is -0.393 e. The smallest absolute Gasteiger partial charge is 0.0656 e. The Balaban J connectivity index is 0.000000561. The molecule has 0 heterocycles. The SMILES string of the molecule is CC.CC1CC(O)CC(C#N)C1. The van der Waals surface area contributed by atoms with Gasteiger partial charge in [0.15, 0.2) is 0 Å². The number of rotatable bonds is 0. The van der Waals surface area contributed by atoms with Crippen LogP contribution in [-0.4, -0.2) is 11.2 Å². The van der Waals surface area contributed by atoms with Gasteiger partial charge in [-0.25, -0.2) is 0 Å². The molecular formula is C10H19NO. The average Bonchev–Trinajstić information content (AvgIpc) is 2.06. The Kier molecular flexibility index (Phi) is 5.74. The summed E-state index contributed by atoms with van der Waals surface area (Å²) in [5, 5.41) is 17.8. The predicted octanol–water partition coefficient (Wildman–Crippen LogP) is 2.33. The molecule has 1 rings (SSSR count). The first-order valence-corrected chi connectivity index (χ1v) is 4.80. The van der Waals surface area contributed by atoms with Crippen molar-refractivity contribution in [1.82, 2.24) is 0 Å². The highest BCUT2D eigenvalue weighted by atomic mass is 16.3. The van der Waals surface area contributed by atoms with Crippen molar-refractivity contribution in [1.29, 1.82) is 5.26 Å². The molecule has 1 fully saturated rings. The number of nitriles is 1. The number of aliphatic hydroxyl groups excluding tert-OH is 1. The minimum absolute atomic E-state index is 0.0961. The summed E-state index contributed by atoms with van der Waals surface area (Å²) in [5.41, 5.74) is 0. The van der Waals surface area contributed by atoms with E-state index < -0.39 is 0 Å². The Hall–Kier alpha value is -0.550. The quantitative estimate of drug-likeness (QED) is 0.605. The lowest BCUT2D eigenvalue weighted by Gasteiger charge is -2.25. The summed E-state index contributed by atoms with van der Waals surface area (Å²) in [6.45, 7) is 6.09. The fraction of sp³-hybridized carbons (Fsp3) is 0.900. The first-order chi connectivity index (χ1) is 5.72. The summed E-state index contributed by atoms with van der Waals surface area (Å²) in [6.07, 6.45) is 2.29. The molecular weight excluding hydrogens is 150 g/mol. The molecule has 2 nitrogen and oxygen atoms in total. The molecule has 2 heteroatoms. The van der Waals surface area contributed by atoms with Crippen LogP contribution in [0.15, 0.2) is 0 Å². The zero-order valence-corrected chi connectivity index (χ0v) is 8.25. The standard InChI is InChI=1S/C8H13NO.C2H6/c1-6-2-7(5-9)4-8(10)3-6;1-2/h6-8,10H,2-4H2,1H3;1-2H3. The van der Waals surface area contributed by atoms with E-state index in [2.05, 4.69) is 13.0 Å². The highest BCUT2D eigenvalue weighted by Crippen LogP contribution is 2.27. The van der Waals surface area contributed by atoms with Crippen molar-refractivity contribution in [2.75, 3.05) is 0 Å². The van der Waals surface area contributed by atoms with Gasteiger partial charge in [-0.3, -0.25) is 0 Å². The largest absolute Gasteiger partial charge is 0.393 e. The molecule has 0 bridgehead atoms. The van der Waals surface area contributed by atoms with Crippen LogP contribution in [0, 0.1) is 23.2 Å². The van der Waals surface area contributed by atoms with Crippen molar-refractivity contribution in [3.05, 3.63) is 0 Å². The van der Waals surface area contributed by atoms with Crippen molar-refractivity contribution >= 4 is 0 Å². The van der Waals surface area contributed by atoms with E-state index in [-0.39, 0.29) is 12.0 Å². The fourth-order valence-electron chi connectivity index (χ4n) is 1.67. The van der Waals surface area contributed by atoms with Crippen LogP contribution in [0.3, 0.4) is 0 Å². The van der Waals surface area contributed by atoms with Crippen molar-refractivity contribution < 1.29 is 5.11 Å². The fourth-order valence-corrected chi connectivity index (χ4v) is 1.67. The van der Waals surface area contributed by atoms with Crippen LogP contribution >= 0.6 is 0 Å². The van der Waals surface area contributed by atoms with Crippen LogP contribution in [0.4, 0.5) is 0 Å². The lowest BCUT2D eigenvalue weighted by molar-refractivity contribution is 0.0894. The van der Waals surface area contributed by atoms with Crippen LogP contribution in [0.25, 0.3) is 0 Å².